The predicted octanol–water partition coefficient (Wildman–Crippen LogP) is 0.412. The molecular formula is C18H23N5O4. The second-order valence-electron chi connectivity index (χ2n) is 6.81. The van der Waals surface area contributed by atoms with E-state index in [1.807, 2.05) is 13.8 Å². The first-order chi connectivity index (χ1) is 12.9. The molecule has 1 N–H and O–H groups in total. The van der Waals surface area contributed by atoms with Crippen molar-refractivity contribution >= 4 is 5.91 Å². The molecular weight excluding hydrogens is 350 g/mol. The average molecular weight is 373 g/mol. The van der Waals surface area contributed by atoms with Crippen LogP contribution in [0.1, 0.15) is 34.5 Å². The van der Waals surface area contributed by atoms with Crippen molar-refractivity contribution in [1.29, 1.82) is 0 Å². The number of nitrogens with zero attached hydrogens (tertiary/aromatic N) is 4. The fourth-order valence-corrected chi connectivity index (χ4v) is 3.05. The number of hydrogen-bond acceptors (Lipinski definition) is 6. The molecule has 0 bridgehead atoms. The van der Waals surface area contributed by atoms with Gasteiger partial charge in [0.25, 0.3) is 11.5 Å². The van der Waals surface area contributed by atoms with Crippen molar-refractivity contribution in [1.82, 2.24) is 24.4 Å². The lowest BCUT2D eigenvalue weighted by Gasteiger charge is -2.31. The zero-order chi connectivity index (χ0) is 19.6. The van der Waals surface area contributed by atoms with E-state index in [0.29, 0.717) is 31.5 Å². The highest BCUT2D eigenvalue weighted by Crippen LogP contribution is 2.21. The number of aryl methyl sites for hydroxylation is 1. The number of nitrogens with one attached hydrogen (secondary N) is 1. The summed E-state index contributed by atoms with van der Waals surface area (Å²) < 4.78 is 6.74. The molecule has 0 atom stereocenters. The van der Waals surface area contributed by atoms with Gasteiger partial charge in [-0.3, -0.25) is 14.2 Å². The van der Waals surface area contributed by atoms with Gasteiger partial charge in [-0.25, -0.2) is 14.8 Å². The maximum Gasteiger partial charge on any atom is 0.328 e. The highest BCUT2D eigenvalue weighted by atomic mass is 16.5. The first kappa shape index (κ1) is 18.8. The second-order valence-corrected chi connectivity index (χ2v) is 6.81. The van der Waals surface area contributed by atoms with Crippen molar-refractivity contribution < 1.29 is 9.53 Å². The molecule has 9 nitrogen and oxygen atoms in total. The molecule has 1 fully saturated rings. The van der Waals surface area contributed by atoms with Gasteiger partial charge < -0.3 is 14.6 Å². The van der Waals surface area contributed by atoms with E-state index >= 15 is 0 Å². The van der Waals surface area contributed by atoms with Gasteiger partial charge in [-0.2, -0.15) is 0 Å². The van der Waals surface area contributed by atoms with Crippen LogP contribution in [-0.2, 0) is 7.05 Å². The van der Waals surface area contributed by atoms with Gasteiger partial charge in [0.15, 0.2) is 0 Å². The van der Waals surface area contributed by atoms with Gasteiger partial charge in [0.1, 0.15) is 11.9 Å². The highest BCUT2D eigenvalue weighted by molar-refractivity contribution is 5.93. The van der Waals surface area contributed by atoms with Crippen molar-refractivity contribution in [3.63, 3.8) is 0 Å². The van der Waals surface area contributed by atoms with Crippen LogP contribution < -0.4 is 16.0 Å². The lowest BCUT2D eigenvalue weighted by molar-refractivity contribution is 0.0656. The van der Waals surface area contributed by atoms with Crippen LogP contribution in [0, 0.1) is 19.8 Å². The van der Waals surface area contributed by atoms with E-state index in [-0.39, 0.29) is 11.5 Å². The van der Waals surface area contributed by atoms with Gasteiger partial charge in [-0.1, -0.05) is 0 Å². The zero-order valence-electron chi connectivity index (χ0n) is 15.7. The van der Waals surface area contributed by atoms with Gasteiger partial charge >= 0.3 is 5.69 Å². The minimum Gasteiger partial charge on any atom is -0.477 e. The Morgan fingerprint density at radius 2 is 1.96 bits per heavy atom. The number of amides is 1. The number of ether oxygens (including phenoxy) is 1. The Bertz CT molecular complexity index is 957. The molecule has 0 radical (unpaired) electrons. The summed E-state index contributed by atoms with van der Waals surface area (Å²) in [5.41, 5.74) is 0.687. The number of aromatic nitrogens is 4. The van der Waals surface area contributed by atoms with Crippen LogP contribution in [-0.4, -0.2) is 50.0 Å². The lowest BCUT2D eigenvalue weighted by Crippen LogP contribution is -2.44. The Balaban J connectivity index is 1.58. The van der Waals surface area contributed by atoms with E-state index in [1.165, 1.54) is 19.6 Å². The summed E-state index contributed by atoms with van der Waals surface area (Å²) in [6.45, 7) is 5.44. The molecule has 0 spiro atoms. The molecule has 144 valence electrons. The number of hydrogen-bond donors (Lipinski definition) is 1. The van der Waals surface area contributed by atoms with Gasteiger partial charge in [0.2, 0.25) is 5.88 Å². The number of carbonyl (C=O) groups is 1. The normalized spacial score (nSPS) is 15.0. The van der Waals surface area contributed by atoms with Gasteiger partial charge in [0, 0.05) is 37.6 Å². The maximum atomic E-state index is 12.6. The maximum absolute atomic E-state index is 12.6. The Morgan fingerprint density at radius 3 is 2.67 bits per heavy atom. The first-order valence-electron chi connectivity index (χ1n) is 8.87. The zero-order valence-corrected chi connectivity index (χ0v) is 15.7. The van der Waals surface area contributed by atoms with Crippen molar-refractivity contribution in [2.24, 2.45) is 13.0 Å². The Labute approximate surface area is 156 Å². The monoisotopic (exact) mass is 373 g/mol. The third-order valence-corrected chi connectivity index (χ3v) is 5.06. The molecule has 9 heteroatoms. The Kier molecular flexibility index (Phi) is 5.38. The van der Waals surface area contributed by atoms with Crippen LogP contribution in [0.25, 0.3) is 0 Å². The third kappa shape index (κ3) is 3.91. The molecule has 0 saturated carbocycles. The summed E-state index contributed by atoms with van der Waals surface area (Å²) in [5.74, 6) is 0.549. The fourth-order valence-electron chi connectivity index (χ4n) is 3.05. The van der Waals surface area contributed by atoms with Crippen molar-refractivity contribution in [3.05, 3.63) is 50.2 Å². The number of H-pyrrole nitrogens is 1. The van der Waals surface area contributed by atoms with E-state index in [9.17, 15) is 14.4 Å². The fraction of sp³-hybridized carbons (Fsp3) is 0.500. The quantitative estimate of drug-likeness (QED) is 0.831. The average Bonchev–Trinajstić information content (AvgIpc) is 2.67. The van der Waals surface area contributed by atoms with E-state index < -0.39 is 11.2 Å². The summed E-state index contributed by atoms with van der Waals surface area (Å²) in [4.78, 5) is 48.5. The van der Waals surface area contributed by atoms with Gasteiger partial charge in [0.05, 0.1) is 6.61 Å². The van der Waals surface area contributed by atoms with E-state index in [4.69, 9.17) is 4.74 Å². The Morgan fingerprint density at radius 1 is 1.26 bits per heavy atom. The minimum absolute atomic E-state index is 0.0149. The summed E-state index contributed by atoms with van der Waals surface area (Å²) in [6, 6.07) is 0. The van der Waals surface area contributed by atoms with Crippen LogP contribution >= 0.6 is 0 Å². The predicted molar refractivity (Wildman–Crippen MR) is 97.9 cm³/mol. The number of likely N-dealkylation sites (tertiary alicyclic amines) is 1. The summed E-state index contributed by atoms with van der Waals surface area (Å²) >= 11 is 0. The summed E-state index contributed by atoms with van der Waals surface area (Å²) in [7, 11) is 1.35. The lowest BCUT2D eigenvalue weighted by atomic mass is 9.97. The number of aromatic amines is 1. The molecule has 1 aliphatic heterocycles. The Hall–Kier alpha value is -2.97. The summed E-state index contributed by atoms with van der Waals surface area (Å²) in [5, 5.41) is 0. The topological polar surface area (TPSA) is 110 Å². The minimum atomic E-state index is -0.580. The van der Waals surface area contributed by atoms with Crippen LogP contribution in [0.4, 0.5) is 0 Å². The molecule has 3 rings (SSSR count). The van der Waals surface area contributed by atoms with E-state index in [0.717, 1.165) is 28.7 Å². The molecule has 0 aromatic carbocycles. The number of carbonyl (C=O) groups excluding carboxylic acids is 1. The van der Waals surface area contributed by atoms with Crippen molar-refractivity contribution in [2.45, 2.75) is 26.7 Å². The van der Waals surface area contributed by atoms with Gasteiger partial charge in [-0.15, -0.1) is 0 Å². The molecule has 3 heterocycles. The summed E-state index contributed by atoms with van der Waals surface area (Å²) in [6.07, 6.45) is 4.24. The van der Waals surface area contributed by atoms with Crippen LogP contribution in [0.2, 0.25) is 0 Å². The largest absolute Gasteiger partial charge is 0.477 e. The smallest absolute Gasteiger partial charge is 0.328 e. The molecule has 0 aliphatic carbocycles. The third-order valence-electron chi connectivity index (χ3n) is 5.06. The standard InChI is InChI=1S/C18H23N5O4/c1-11-12(2)20-10-21-15(11)27-9-13-4-6-23(7-5-13)17(25)14-8-19-18(26)22(3)16(14)24/h8,10,13H,4-7,9H2,1-3H3,(H,19,26). The molecule has 2 aromatic heterocycles. The van der Waals surface area contributed by atoms with Crippen molar-refractivity contribution in [2.75, 3.05) is 19.7 Å². The van der Waals surface area contributed by atoms with Crippen LogP contribution in [0.3, 0.4) is 0 Å². The number of rotatable bonds is 4. The molecule has 27 heavy (non-hydrogen) atoms. The van der Waals surface area contributed by atoms with E-state index in [2.05, 4.69) is 15.0 Å². The van der Waals surface area contributed by atoms with E-state index in [1.54, 1.807) is 4.90 Å². The van der Waals surface area contributed by atoms with Crippen molar-refractivity contribution in [3.8, 4) is 5.88 Å². The molecule has 1 aliphatic rings. The SMILES string of the molecule is Cc1ncnc(OCC2CCN(C(=O)c3c[nH]c(=O)n(C)c3=O)CC2)c1C. The highest BCUT2D eigenvalue weighted by Gasteiger charge is 2.26. The molecule has 1 amide bonds. The first-order valence-corrected chi connectivity index (χ1v) is 8.87. The van der Waals surface area contributed by atoms with Crippen LogP contribution in [0.15, 0.2) is 22.1 Å². The molecule has 1 saturated heterocycles. The van der Waals surface area contributed by atoms with Crippen LogP contribution in [0.5, 0.6) is 5.88 Å². The van der Waals surface area contributed by atoms with Gasteiger partial charge in [-0.05, 0) is 32.6 Å². The number of piperidine rings is 1. The second kappa shape index (κ2) is 7.73. The molecule has 0 unspecified atom stereocenters. The molecule has 2 aromatic rings.